The van der Waals surface area contributed by atoms with Gasteiger partial charge in [0.15, 0.2) is 17.3 Å². The number of benzene rings is 2. The summed E-state index contributed by atoms with van der Waals surface area (Å²) in [6.45, 7) is 7.78. The van der Waals surface area contributed by atoms with Crippen molar-refractivity contribution in [2.75, 3.05) is 14.2 Å². The van der Waals surface area contributed by atoms with E-state index in [-0.39, 0.29) is 23.8 Å². The standard InChI is InChI=1S/C30H35NO5/c1-7-18(3)36-30(33)27-19(4)31-23-14-22(20-11-12-25(34-5)26(16-20)35-6)15-24(32)29(23)28(27)21-10-8-9-17(2)13-21/h8-13,16,18,22,28,31H,7,14-15H2,1-6H3/t18-,22-,28+/m1/s1. The zero-order valence-corrected chi connectivity index (χ0v) is 21.9. The van der Waals surface area contributed by atoms with E-state index in [1.54, 1.807) is 14.2 Å². The molecule has 0 radical (unpaired) electrons. The maximum atomic E-state index is 13.8. The summed E-state index contributed by atoms with van der Waals surface area (Å²) >= 11 is 0. The predicted molar refractivity (Wildman–Crippen MR) is 139 cm³/mol. The summed E-state index contributed by atoms with van der Waals surface area (Å²) in [4.78, 5) is 27.1. The van der Waals surface area contributed by atoms with Crippen molar-refractivity contribution in [3.63, 3.8) is 0 Å². The second-order valence-electron chi connectivity index (χ2n) is 9.67. The Hall–Kier alpha value is -3.54. The first-order valence-corrected chi connectivity index (χ1v) is 12.5. The average molecular weight is 490 g/mol. The summed E-state index contributed by atoms with van der Waals surface area (Å²) in [5, 5.41) is 3.42. The summed E-state index contributed by atoms with van der Waals surface area (Å²) < 4.78 is 16.6. The molecule has 1 aliphatic heterocycles. The van der Waals surface area contributed by atoms with E-state index in [0.29, 0.717) is 35.5 Å². The lowest BCUT2D eigenvalue weighted by molar-refractivity contribution is -0.144. The monoisotopic (exact) mass is 489 g/mol. The third-order valence-corrected chi connectivity index (χ3v) is 7.19. The first-order valence-electron chi connectivity index (χ1n) is 12.5. The van der Waals surface area contributed by atoms with Gasteiger partial charge in [-0.3, -0.25) is 4.79 Å². The van der Waals surface area contributed by atoms with Crippen LogP contribution in [0.1, 0.15) is 68.6 Å². The largest absolute Gasteiger partial charge is 0.493 e. The molecule has 1 heterocycles. The molecule has 190 valence electrons. The fourth-order valence-corrected chi connectivity index (χ4v) is 5.16. The van der Waals surface area contributed by atoms with E-state index < -0.39 is 5.92 Å². The number of nitrogens with one attached hydrogen (secondary N) is 1. The van der Waals surface area contributed by atoms with Crippen molar-refractivity contribution in [3.05, 3.63) is 81.7 Å². The Kier molecular flexibility index (Phi) is 7.53. The smallest absolute Gasteiger partial charge is 0.337 e. The maximum Gasteiger partial charge on any atom is 0.337 e. The predicted octanol–water partition coefficient (Wildman–Crippen LogP) is 5.72. The SMILES string of the molecule is CC[C@@H](C)OC(=O)C1=C(C)NC2=C(C(=O)C[C@H](c3ccc(OC)c(OC)c3)C2)[C@H]1c1cccc(C)c1. The molecule has 0 saturated carbocycles. The molecule has 6 nitrogen and oxygen atoms in total. The van der Waals surface area contributed by atoms with Gasteiger partial charge in [0.05, 0.1) is 25.9 Å². The number of carbonyl (C=O) groups is 2. The molecule has 0 fully saturated rings. The zero-order valence-electron chi connectivity index (χ0n) is 21.9. The minimum atomic E-state index is -0.462. The summed E-state index contributed by atoms with van der Waals surface area (Å²) in [5.41, 5.74) is 5.80. The maximum absolute atomic E-state index is 13.8. The number of hydrogen-bond acceptors (Lipinski definition) is 6. The van der Waals surface area contributed by atoms with Crippen molar-refractivity contribution >= 4 is 11.8 Å². The lowest BCUT2D eigenvalue weighted by atomic mass is 9.71. The van der Waals surface area contributed by atoms with E-state index in [2.05, 4.69) is 11.4 Å². The number of dihydropyridines is 1. The zero-order chi connectivity index (χ0) is 26.0. The van der Waals surface area contributed by atoms with Gasteiger partial charge in [0, 0.05) is 29.3 Å². The van der Waals surface area contributed by atoms with Gasteiger partial charge in [-0.2, -0.15) is 0 Å². The van der Waals surface area contributed by atoms with Crippen LogP contribution in [0.15, 0.2) is 65.0 Å². The number of methoxy groups -OCH3 is 2. The van der Waals surface area contributed by atoms with Gasteiger partial charge < -0.3 is 19.5 Å². The van der Waals surface area contributed by atoms with Crippen LogP contribution >= 0.6 is 0 Å². The highest BCUT2D eigenvalue weighted by Gasteiger charge is 2.41. The number of hydrogen-bond donors (Lipinski definition) is 1. The van der Waals surface area contributed by atoms with E-state index in [9.17, 15) is 9.59 Å². The van der Waals surface area contributed by atoms with Gasteiger partial charge in [-0.15, -0.1) is 0 Å². The fraction of sp³-hybridized carbons (Fsp3) is 0.400. The number of aryl methyl sites for hydroxylation is 1. The topological polar surface area (TPSA) is 73.9 Å². The van der Waals surface area contributed by atoms with Crippen LogP contribution in [-0.4, -0.2) is 32.1 Å². The van der Waals surface area contributed by atoms with E-state index in [1.807, 2.05) is 64.1 Å². The molecule has 2 aromatic carbocycles. The Morgan fingerprint density at radius 1 is 1.03 bits per heavy atom. The molecule has 1 aliphatic carbocycles. The minimum absolute atomic E-state index is 0.0110. The molecule has 0 spiro atoms. The van der Waals surface area contributed by atoms with E-state index in [1.165, 1.54) is 0 Å². The normalized spacial score (nSPS) is 20.4. The number of carbonyl (C=O) groups excluding carboxylic acids is 2. The molecule has 4 rings (SSSR count). The van der Waals surface area contributed by atoms with Gasteiger partial charge in [0.1, 0.15) is 0 Å². The van der Waals surface area contributed by atoms with Crippen LogP contribution in [0.4, 0.5) is 0 Å². The van der Waals surface area contributed by atoms with Crippen LogP contribution in [0.2, 0.25) is 0 Å². The van der Waals surface area contributed by atoms with E-state index in [4.69, 9.17) is 14.2 Å². The third-order valence-electron chi connectivity index (χ3n) is 7.19. The number of ether oxygens (including phenoxy) is 3. The number of allylic oxidation sites excluding steroid dienone is 3. The Balaban J connectivity index is 1.76. The molecule has 6 heteroatoms. The van der Waals surface area contributed by atoms with Gasteiger partial charge in [0.25, 0.3) is 0 Å². The quantitative estimate of drug-likeness (QED) is 0.502. The Labute approximate surface area is 213 Å². The summed E-state index contributed by atoms with van der Waals surface area (Å²) in [6.07, 6.45) is 1.53. The second kappa shape index (κ2) is 10.6. The summed E-state index contributed by atoms with van der Waals surface area (Å²) in [6, 6.07) is 13.8. The van der Waals surface area contributed by atoms with Gasteiger partial charge in [0.2, 0.25) is 0 Å². The Morgan fingerprint density at radius 2 is 1.78 bits per heavy atom. The highest BCUT2D eigenvalue weighted by atomic mass is 16.5. The molecule has 0 bridgehead atoms. The minimum Gasteiger partial charge on any atom is -0.493 e. The lowest BCUT2D eigenvalue weighted by Gasteiger charge is -2.37. The van der Waals surface area contributed by atoms with Crippen molar-refractivity contribution in [1.29, 1.82) is 0 Å². The summed E-state index contributed by atoms with van der Waals surface area (Å²) in [7, 11) is 3.21. The van der Waals surface area contributed by atoms with Crippen LogP contribution in [0.25, 0.3) is 0 Å². The first kappa shape index (κ1) is 25.5. The second-order valence-corrected chi connectivity index (χ2v) is 9.67. The van der Waals surface area contributed by atoms with E-state index >= 15 is 0 Å². The molecule has 36 heavy (non-hydrogen) atoms. The van der Waals surface area contributed by atoms with Crippen LogP contribution in [0.3, 0.4) is 0 Å². The van der Waals surface area contributed by atoms with Crippen LogP contribution < -0.4 is 14.8 Å². The molecule has 3 atom stereocenters. The highest BCUT2D eigenvalue weighted by molar-refractivity contribution is 6.04. The van der Waals surface area contributed by atoms with E-state index in [0.717, 1.165) is 34.5 Å². The number of ketones is 1. The number of esters is 1. The van der Waals surface area contributed by atoms with Gasteiger partial charge in [-0.25, -0.2) is 4.79 Å². The lowest BCUT2D eigenvalue weighted by Crippen LogP contribution is -2.36. The average Bonchev–Trinajstić information content (AvgIpc) is 2.86. The Bertz CT molecular complexity index is 1240. The highest BCUT2D eigenvalue weighted by Crippen LogP contribution is 2.46. The van der Waals surface area contributed by atoms with Crippen molar-refractivity contribution in [3.8, 4) is 11.5 Å². The first-order chi connectivity index (χ1) is 17.3. The van der Waals surface area contributed by atoms with Gasteiger partial charge in [-0.05, 0) is 62.8 Å². The van der Waals surface area contributed by atoms with Crippen LogP contribution in [0.5, 0.6) is 11.5 Å². The van der Waals surface area contributed by atoms with Gasteiger partial charge >= 0.3 is 5.97 Å². The van der Waals surface area contributed by atoms with Crippen molar-refractivity contribution in [2.24, 2.45) is 0 Å². The molecule has 2 aromatic rings. The molecule has 2 aliphatic rings. The molecule has 0 unspecified atom stereocenters. The van der Waals surface area contributed by atoms with Crippen molar-refractivity contribution in [1.82, 2.24) is 5.32 Å². The third kappa shape index (κ3) is 4.90. The molecule has 0 saturated heterocycles. The molecule has 0 aromatic heterocycles. The van der Waals surface area contributed by atoms with Crippen molar-refractivity contribution < 1.29 is 23.8 Å². The molecule has 1 N–H and O–H groups in total. The number of rotatable bonds is 7. The van der Waals surface area contributed by atoms with Gasteiger partial charge in [-0.1, -0.05) is 42.8 Å². The number of Topliss-reactive ketones (excluding diaryl/α,β-unsaturated/α-hetero) is 1. The van der Waals surface area contributed by atoms with Crippen LogP contribution in [0, 0.1) is 6.92 Å². The molecular weight excluding hydrogens is 454 g/mol. The Morgan fingerprint density at radius 3 is 2.44 bits per heavy atom. The fourth-order valence-electron chi connectivity index (χ4n) is 5.16. The molecule has 0 amide bonds. The molecular formula is C30H35NO5. The van der Waals surface area contributed by atoms with Crippen molar-refractivity contribution in [2.45, 2.75) is 64.9 Å². The van der Waals surface area contributed by atoms with Crippen LogP contribution in [-0.2, 0) is 14.3 Å². The summed E-state index contributed by atoms with van der Waals surface area (Å²) in [5.74, 6) is 0.489.